The summed E-state index contributed by atoms with van der Waals surface area (Å²) in [6.45, 7) is -0.606. The van der Waals surface area contributed by atoms with E-state index in [-0.39, 0.29) is 10.5 Å². The highest BCUT2D eigenvalue weighted by Gasteiger charge is 2.07. The lowest BCUT2D eigenvalue weighted by Crippen LogP contribution is -1.95. The summed E-state index contributed by atoms with van der Waals surface area (Å²) >= 11 is 0. The molecule has 0 spiro atoms. The van der Waals surface area contributed by atoms with Crippen molar-refractivity contribution < 1.29 is 17.9 Å². The predicted molar refractivity (Wildman–Crippen MR) is 40.9 cm³/mol. The Morgan fingerprint density at radius 3 is 2.50 bits per heavy atom. The topological polar surface area (TPSA) is 54.4 Å². The van der Waals surface area contributed by atoms with Gasteiger partial charge in [-0.1, -0.05) is 6.07 Å². The summed E-state index contributed by atoms with van der Waals surface area (Å²) in [5.41, 5.74) is -0.173. The van der Waals surface area contributed by atoms with Gasteiger partial charge in [0.25, 0.3) is 0 Å². The van der Waals surface area contributed by atoms with E-state index >= 15 is 0 Å². The molecule has 0 aliphatic rings. The zero-order valence-electron chi connectivity index (χ0n) is 6.03. The molecule has 0 heterocycles. The Bertz CT molecular complexity index is 352. The first-order valence-corrected chi connectivity index (χ1v) is 4.37. The van der Waals surface area contributed by atoms with E-state index in [2.05, 4.69) is 0 Å². The molecule has 0 fully saturated rings. The van der Waals surface area contributed by atoms with Crippen molar-refractivity contribution in [2.75, 3.05) is 0 Å². The minimum atomic E-state index is -2.84. The zero-order chi connectivity index (χ0) is 9.14. The number of halogens is 1. The van der Waals surface area contributed by atoms with Crippen molar-refractivity contribution in [1.29, 1.82) is 0 Å². The Morgan fingerprint density at radius 2 is 2.08 bits per heavy atom. The molecule has 0 unspecified atom stereocenters. The van der Waals surface area contributed by atoms with Crippen LogP contribution in [-0.2, 0) is 17.3 Å². The van der Waals surface area contributed by atoms with Crippen LogP contribution in [0.1, 0.15) is 5.56 Å². The van der Waals surface area contributed by atoms with E-state index in [0.717, 1.165) is 6.07 Å². The molecule has 0 saturated heterocycles. The molecule has 0 saturated carbocycles. The van der Waals surface area contributed by atoms with Crippen LogP contribution < -0.4 is 0 Å². The maximum Gasteiger partial charge on any atom is 0.168 e. The van der Waals surface area contributed by atoms with Gasteiger partial charge in [0.05, 0.1) is 11.5 Å². The highest BCUT2D eigenvalue weighted by atomic mass is 32.2. The smallest absolute Gasteiger partial charge is 0.168 e. The molecular weight excluding hydrogens is 183 g/mol. The molecule has 0 aromatic heterocycles. The molecule has 0 radical (unpaired) electrons. The van der Waals surface area contributed by atoms with Gasteiger partial charge in [-0.15, -0.1) is 0 Å². The molecule has 66 valence electrons. The van der Waals surface area contributed by atoms with E-state index < -0.39 is 23.1 Å². The second-order valence-corrected chi connectivity index (χ2v) is 3.15. The molecule has 1 aromatic rings. The Morgan fingerprint density at radius 1 is 1.42 bits per heavy atom. The van der Waals surface area contributed by atoms with Gasteiger partial charge in [-0.2, -0.15) is 0 Å². The average Bonchev–Trinajstić information content (AvgIpc) is 2.03. The van der Waals surface area contributed by atoms with Gasteiger partial charge in [-0.3, -0.25) is 0 Å². The van der Waals surface area contributed by atoms with E-state index in [4.69, 9.17) is 5.11 Å². The summed E-state index contributed by atoms with van der Waals surface area (Å²) < 4.78 is 33.8. The van der Waals surface area contributed by atoms with Gasteiger partial charge in [0.2, 0.25) is 0 Å². The molecule has 1 N–H and O–H groups in total. The van der Waals surface area contributed by atoms with E-state index in [1.54, 1.807) is 0 Å². The molecular formula is C7H7FO3S. The maximum atomic E-state index is 12.8. The lowest BCUT2D eigenvalue weighted by Gasteiger charge is -2.00. The third-order valence-electron chi connectivity index (χ3n) is 1.45. The molecule has 5 heteroatoms. The number of aliphatic hydroxyl groups is 1. The lowest BCUT2D eigenvalue weighted by atomic mass is 10.2. The van der Waals surface area contributed by atoms with Crippen molar-refractivity contribution >= 4 is 10.7 Å². The standard InChI is InChI=1S/C7H7FO3S/c8-6-2-1-3-7(12(10)11)5(6)4-9/h1-3,9,12H,4H2. The van der Waals surface area contributed by atoms with Gasteiger partial charge in [0, 0.05) is 5.56 Å². The predicted octanol–water partition coefficient (Wildman–Crippen LogP) is 0.288. The van der Waals surface area contributed by atoms with Crippen LogP contribution in [0.2, 0.25) is 0 Å². The number of rotatable bonds is 2. The number of aliphatic hydroxyl groups excluding tert-OH is 1. The monoisotopic (exact) mass is 190 g/mol. The first-order chi connectivity index (χ1) is 5.66. The van der Waals surface area contributed by atoms with Crippen molar-refractivity contribution in [2.24, 2.45) is 0 Å². The Kier molecular flexibility index (Phi) is 2.78. The van der Waals surface area contributed by atoms with Crippen molar-refractivity contribution in [1.82, 2.24) is 0 Å². The van der Waals surface area contributed by atoms with Gasteiger partial charge in [0.1, 0.15) is 5.82 Å². The van der Waals surface area contributed by atoms with Crippen LogP contribution in [0.5, 0.6) is 0 Å². The molecule has 0 atom stereocenters. The van der Waals surface area contributed by atoms with Crippen LogP contribution in [0.3, 0.4) is 0 Å². The van der Waals surface area contributed by atoms with Crippen LogP contribution in [0.15, 0.2) is 23.1 Å². The van der Waals surface area contributed by atoms with Crippen molar-refractivity contribution in [2.45, 2.75) is 11.5 Å². The first-order valence-electron chi connectivity index (χ1n) is 3.19. The Labute approximate surface area is 70.4 Å². The average molecular weight is 190 g/mol. The van der Waals surface area contributed by atoms with Gasteiger partial charge in [-0.05, 0) is 12.1 Å². The molecule has 0 aliphatic carbocycles. The summed E-state index contributed by atoms with van der Waals surface area (Å²) in [7, 11) is -2.84. The third kappa shape index (κ3) is 1.62. The van der Waals surface area contributed by atoms with E-state index in [0.29, 0.717) is 0 Å². The highest BCUT2D eigenvalue weighted by molar-refractivity contribution is 7.72. The third-order valence-corrected chi connectivity index (χ3v) is 2.26. The summed E-state index contributed by atoms with van der Waals surface area (Å²) in [6.07, 6.45) is 0. The van der Waals surface area contributed by atoms with Gasteiger partial charge in [0.15, 0.2) is 10.7 Å². The van der Waals surface area contributed by atoms with E-state index in [9.17, 15) is 12.8 Å². The largest absolute Gasteiger partial charge is 0.392 e. The summed E-state index contributed by atoms with van der Waals surface area (Å²) in [5, 5.41) is 8.64. The first kappa shape index (κ1) is 9.15. The van der Waals surface area contributed by atoms with Crippen LogP contribution >= 0.6 is 0 Å². The molecule has 1 aromatic carbocycles. The fraction of sp³-hybridized carbons (Fsp3) is 0.143. The number of benzene rings is 1. The van der Waals surface area contributed by atoms with Gasteiger partial charge < -0.3 is 5.11 Å². The quantitative estimate of drug-likeness (QED) is 0.659. The molecule has 0 aliphatic heterocycles. The van der Waals surface area contributed by atoms with E-state index in [1.165, 1.54) is 12.1 Å². The second-order valence-electron chi connectivity index (χ2n) is 2.15. The number of thiol groups is 1. The number of hydrogen-bond acceptors (Lipinski definition) is 3. The number of hydrogen-bond donors (Lipinski definition) is 2. The zero-order valence-corrected chi connectivity index (χ0v) is 6.92. The summed E-state index contributed by atoms with van der Waals surface area (Å²) in [5.74, 6) is -0.700. The van der Waals surface area contributed by atoms with Crippen LogP contribution in [-0.4, -0.2) is 13.5 Å². The van der Waals surface area contributed by atoms with Crippen LogP contribution in [0.25, 0.3) is 0 Å². The summed E-state index contributed by atoms with van der Waals surface area (Å²) in [4.78, 5) is -0.160. The van der Waals surface area contributed by atoms with Crippen molar-refractivity contribution in [3.63, 3.8) is 0 Å². The summed E-state index contributed by atoms with van der Waals surface area (Å²) in [6, 6.07) is 3.64. The molecule has 0 amide bonds. The normalized spacial score (nSPS) is 10.6. The van der Waals surface area contributed by atoms with Gasteiger partial charge in [-0.25, -0.2) is 12.8 Å². The SMILES string of the molecule is O=[SH](=O)c1cccc(F)c1CO. The van der Waals surface area contributed by atoms with Crippen LogP contribution in [0.4, 0.5) is 4.39 Å². The Hall–Kier alpha value is -0.940. The minimum absolute atomic E-state index is 0.160. The van der Waals surface area contributed by atoms with Gasteiger partial charge >= 0.3 is 0 Å². The molecule has 1 rings (SSSR count). The minimum Gasteiger partial charge on any atom is -0.392 e. The fourth-order valence-corrected chi connectivity index (χ4v) is 1.48. The molecule has 0 bridgehead atoms. The maximum absolute atomic E-state index is 12.8. The lowest BCUT2D eigenvalue weighted by molar-refractivity contribution is 0.272. The van der Waals surface area contributed by atoms with Crippen LogP contribution in [0, 0.1) is 5.82 Å². The van der Waals surface area contributed by atoms with E-state index in [1.807, 2.05) is 0 Å². The fourth-order valence-electron chi connectivity index (χ4n) is 0.875. The van der Waals surface area contributed by atoms with Crippen molar-refractivity contribution in [3.05, 3.63) is 29.6 Å². The Balaban J connectivity index is 3.37. The second kappa shape index (κ2) is 3.64. The highest BCUT2D eigenvalue weighted by Crippen LogP contribution is 2.14. The molecule has 12 heavy (non-hydrogen) atoms. The molecule has 3 nitrogen and oxygen atoms in total. The van der Waals surface area contributed by atoms with Crippen molar-refractivity contribution in [3.8, 4) is 0 Å².